The van der Waals surface area contributed by atoms with E-state index in [4.69, 9.17) is 21.4 Å². The average molecular weight is 276 g/mol. The monoisotopic (exact) mass is 275 g/mol. The van der Waals surface area contributed by atoms with Crippen LogP contribution in [-0.2, 0) is 9.53 Å². The maximum atomic E-state index is 12.0. The lowest BCUT2D eigenvalue weighted by Crippen LogP contribution is -2.48. The Morgan fingerprint density at radius 3 is 2.88 bits per heavy atom. The fourth-order valence-electron chi connectivity index (χ4n) is 1.57. The number of halogens is 1. The molecule has 0 aromatic carbocycles. The zero-order valence-electron chi connectivity index (χ0n) is 8.76. The molecule has 1 N–H and O–H groups in total. The number of carboxylic acids is 1. The molecule has 0 aliphatic carbocycles. The Balaban J connectivity index is 2.07. The van der Waals surface area contributed by atoms with Crippen LogP contribution in [0.4, 0.5) is 0 Å². The van der Waals surface area contributed by atoms with Crippen molar-refractivity contribution in [2.75, 3.05) is 19.7 Å². The smallest absolute Gasteiger partial charge is 0.334 e. The second-order valence-corrected chi connectivity index (χ2v) is 5.27. The number of carbonyl (C=O) groups is 2. The van der Waals surface area contributed by atoms with E-state index >= 15 is 0 Å². The van der Waals surface area contributed by atoms with E-state index in [1.807, 2.05) is 0 Å². The van der Waals surface area contributed by atoms with Crippen LogP contribution in [0.15, 0.2) is 12.1 Å². The van der Waals surface area contributed by atoms with Gasteiger partial charge in [-0.3, -0.25) is 4.79 Å². The topological polar surface area (TPSA) is 66.8 Å². The number of aliphatic carboxylic acids is 1. The highest BCUT2D eigenvalue weighted by Crippen LogP contribution is 2.23. The summed E-state index contributed by atoms with van der Waals surface area (Å²) >= 11 is 6.94. The third kappa shape index (κ3) is 2.77. The van der Waals surface area contributed by atoms with Gasteiger partial charge in [-0.2, -0.15) is 0 Å². The Morgan fingerprint density at radius 1 is 1.53 bits per heavy atom. The number of carboxylic acid groups (broad SMARTS) is 1. The van der Waals surface area contributed by atoms with Crippen LogP contribution >= 0.6 is 22.9 Å². The molecular formula is C10H10ClNO4S. The molecule has 1 unspecified atom stereocenters. The Kier molecular flexibility index (Phi) is 3.66. The first-order chi connectivity index (χ1) is 8.08. The summed E-state index contributed by atoms with van der Waals surface area (Å²) in [5.41, 5.74) is 0. The third-order valence-electron chi connectivity index (χ3n) is 2.41. The molecule has 1 saturated heterocycles. The molecule has 1 amide bonds. The van der Waals surface area contributed by atoms with Gasteiger partial charge in [-0.05, 0) is 12.1 Å². The number of morpholine rings is 1. The largest absolute Gasteiger partial charge is 0.479 e. The molecule has 0 radical (unpaired) electrons. The SMILES string of the molecule is O=C(O)C1CN(C(=O)c2ccc(Cl)s2)CCO1. The van der Waals surface area contributed by atoms with Crippen LogP contribution in [0.3, 0.4) is 0 Å². The zero-order chi connectivity index (χ0) is 12.4. The quantitative estimate of drug-likeness (QED) is 0.884. The normalized spacial score (nSPS) is 20.3. The highest BCUT2D eigenvalue weighted by atomic mass is 35.5. The summed E-state index contributed by atoms with van der Waals surface area (Å²) in [4.78, 5) is 24.8. The summed E-state index contributed by atoms with van der Waals surface area (Å²) in [6.07, 6.45) is -0.942. The Labute approximate surface area is 107 Å². The van der Waals surface area contributed by atoms with Gasteiger partial charge in [0.2, 0.25) is 0 Å². The molecule has 0 saturated carbocycles. The van der Waals surface area contributed by atoms with E-state index < -0.39 is 12.1 Å². The summed E-state index contributed by atoms with van der Waals surface area (Å²) < 4.78 is 5.58. The molecule has 2 rings (SSSR count). The Morgan fingerprint density at radius 2 is 2.29 bits per heavy atom. The second-order valence-electron chi connectivity index (χ2n) is 3.55. The molecule has 17 heavy (non-hydrogen) atoms. The standard InChI is InChI=1S/C10H10ClNO4S/c11-8-2-1-7(17-8)9(13)12-3-4-16-6(5-12)10(14)15/h1-2,6H,3-5H2,(H,14,15). The minimum atomic E-state index is -1.05. The van der Waals surface area contributed by atoms with Crippen molar-refractivity contribution in [2.24, 2.45) is 0 Å². The van der Waals surface area contributed by atoms with Gasteiger partial charge >= 0.3 is 5.97 Å². The van der Waals surface area contributed by atoms with Crippen LogP contribution in [0.25, 0.3) is 0 Å². The highest BCUT2D eigenvalue weighted by Gasteiger charge is 2.29. The van der Waals surface area contributed by atoms with Gasteiger partial charge < -0.3 is 14.7 Å². The molecule has 7 heteroatoms. The van der Waals surface area contributed by atoms with Crippen LogP contribution in [0.2, 0.25) is 4.34 Å². The van der Waals surface area contributed by atoms with Gasteiger partial charge in [-0.1, -0.05) is 11.6 Å². The van der Waals surface area contributed by atoms with Crippen molar-refractivity contribution in [2.45, 2.75) is 6.10 Å². The van der Waals surface area contributed by atoms with Gasteiger partial charge in [0.05, 0.1) is 22.4 Å². The fourth-order valence-corrected chi connectivity index (χ4v) is 2.58. The number of nitrogens with zero attached hydrogens (tertiary/aromatic N) is 1. The highest BCUT2D eigenvalue weighted by molar-refractivity contribution is 7.17. The van der Waals surface area contributed by atoms with Crippen molar-refractivity contribution < 1.29 is 19.4 Å². The number of hydrogen-bond acceptors (Lipinski definition) is 4. The molecule has 5 nitrogen and oxygen atoms in total. The van der Waals surface area contributed by atoms with Gasteiger partial charge in [0.1, 0.15) is 0 Å². The van der Waals surface area contributed by atoms with E-state index in [0.29, 0.717) is 15.8 Å². The Hall–Kier alpha value is -1.11. The summed E-state index contributed by atoms with van der Waals surface area (Å²) in [6.45, 7) is 0.712. The van der Waals surface area contributed by atoms with E-state index in [1.165, 1.54) is 16.2 Å². The van der Waals surface area contributed by atoms with Gasteiger partial charge in [-0.25, -0.2) is 4.79 Å². The lowest BCUT2D eigenvalue weighted by Gasteiger charge is -2.30. The molecule has 92 valence electrons. The van der Waals surface area contributed by atoms with Crippen molar-refractivity contribution in [3.63, 3.8) is 0 Å². The van der Waals surface area contributed by atoms with E-state index in [0.717, 1.165) is 0 Å². The minimum absolute atomic E-state index is 0.0731. The number of rotatable bonds is 2. The molecule has 1 aliphatic rings. The van der Waals surface area contributed by atoms with Gasteiger partial charge in [0.15, 0.2) is 6.10 Å². The number of amides is 1. The minimum Gasteiger partial charge on any atom is -0.479 e. The number of hydrogen-bond donors (Lipinski definition) is 1. The van der Waals surface area contributed by atoms with Gasteiger partial charge in [-0.15, -0.1) is 11.3 Å². The third-order valence-corrected chi connectivity index (χ3v) is 3.63. The molecule has 1 atom stereocenters. The molecule has 1 aromatic heterocycles. The number of thiophene rings is 1. The first-order valence-corrected chi connectivity index (χ1v) is 6.16. The van der Waals surface area contributed by atoms with Crippen molar-refractivity contribution in [1.82, 2.24) is 4.90 Å². The number of carbonyl (C=O) groups excluding carboxylic acids is 1. The van der Waals surface area contributed by atoms with Gasteiger partial charge in [0, 0.05) is 6.54 Å². The average Bonchev–Trinajstić information content (AvgIpc) is 2.75. The van der Waals surface area contributed by atoms with E-state index in [1.54, 1.807) is 12.1 Å². The summed E-state index contributed by atoms with van der Waals surface area (Å²) in [5, 5.41) is 8.83. The van der Waals surface area contributed by atoms with Crippen molar-refractivity contribution in [3.8, 4) is 0 Å². The first kappa shape index (κ1) is 12.3. The van der Waals surface area contributed by atoms with E-state index in [9.17, 15) is 9.59 Å². The Bertz CT molecular complexity index is 447. The fraction of sp³-hybridized carbons (Fsp3) is 0.400. The predicted octanol–water partition coefficient (Wildman–Crippen LogP) is 1.33. The van der Waals surface area contributed by atoms with E-state index in [-0.39, 0.29) is 19.1 Å². The zero-order valence-corrected chi connectivity index (χ0v) is 10.3. The molecule has 1 aliphatic heterocycles. The van der Waals surface area contributed by atoms with Crippen molar-refractivity contribution >= 4 is 34.8 Å². The maximum absolute atomic E-state index is 12.0. The second kappa shape index (κ2) is 5.03. The predicted molar refractivity (Wildman–Crippen MR) is 62.6 cm³/mol. The summed E-state index contributed by atoms with van der Waals surface area (Å²) in [6, 6.07) is 3.29. The maximum Gasteiger partial charge on any atom is 0.334 e. The van der Waals surface area contributed by atoms with Crippen LogP contribution in [-0.4, -0.2) is 47.7 Å². The molecule has 2 heterocycles. The van der Waals surface area contributed by atoms with Crippen LogP contribution in [0.1, 0.15) is 9.67 Å². The summed E-state index contributed by atoms with van der Waals surface area (Å²) in [5.74, 6) is -1.25. The lowest BCUT2D eigenvalue weighted by atomic mass is 10.2. The van der Waals surface area contributed by atoms with Crippen LogP contribution < -0.4 is 0 Å². The van der Waals surface area contributed by atoms with Crippen LogP contribution in [0, 0.1) is 0 Å². The van der Waals surface area contributed by atoms with Crippen LogP contribution in [0.5, 0.6) is 0 Å². The first-order valence-electron chi connectivity index (χ1n) is 4.97. The van der Waals surface area contributed by atoms with E-state index in [2.05, 4.69) is 0 Å². The van der Waals surface area contributed by atoms with Crippen molar-refractivity contribution in [3.05, 3.63) is 21.3 Å². The molecule has 0 bridgehead atoms. The molecule has 1 fully saturated rings. The van der Waals surface area contributed by atoms with Gasteiger partial charge in [0.25, 0.3) is 5.91 Å². The van der Waals surface area contributed by atoms with Crippen molar-refractivity contribution in [1.29, 1.82) is 0 Å². The molecular weight excluding hydrogens is 266 g/mol. The molecule has 1 aromatic rings. The summed E-state index contributed by atoms with van der Waals surface area (Å²) in [7, 11) is 0. The molecule has 0 spiro atoms. The lowest BCUT2D eigenvalue weighted by molar-refractivity contribution is -0.154. The number of ether oxygens (including phenoxy) is 1.